The maximum atomic E-state index is 13.3. The molecule has 0 unspecified atom stereocenters. The molecule has 0 spiro atoms. The van der Waals surface area contributed by atoms with Crippen molar-refractivity contribution in [3.8, 4) is 34.5 Å². The van der Waals surface area contributed by atoms with E-state index in [4.69, 9.17) is 37.9 Å². The van der Waals surface area contributed by atoms with E-state index in [1.807, 2.05) is 0 Å². The standard InChI is InChI=1S/C54H64O15/c1-4-49(56)64-34-12-8-6-10-32-62-42-22-26-44(27-23-42)66-51(58)38-14-16-40(17-15-38)53(60)68-46-30-31-48(47(36-46)37(3)55)69-54(61)41-20-18-39(19-21-41)52(59)67-45-28-24-43(25-29-45)63-33-11-7-9-13-35-65-50(57)5-2/h4-5,22-31,36,38-41H,1-2,6-21,32-35H2,3H3. The van der Waals surface area contributed by atoms with E-state index in [2.05, 4.69) is 13.2 Å². The van der Waals surface area contributed by atoms with Gasteiger partial charge in [-0.15, -0.1) is 0 Å². The summed E-state index contributed by atoms with van der Waals surface area (Å²) in [6.07, 6.45) is 12.6. The van der Waals surface area contributed by atoms with E-state index < -0.39 is 35.7 Å². The van der Waals surface area contributed by atoms with Gasteiger partial charge in [0.2, 0.25) is 0 Å². The highest BCUT2D eigenvalue weighted by atomic mass is 16.6. The molecule has 0 radical (unpaired) electrons. The van der Waals surface area contributed by atoms with E-state index in [-0.39, 0.29) is 46.6 Å². The van der Waals surface area contributed by atoms with Crippen LogP contribution in [0.1, 0.15) is 120 Å². The van der Waals surface area contributed by atoms with Crippen molar-refractivity contribution in [1.82, 2.24) is 0 Å². The van der Waals surface area contributed by atoms with Gasteiger partial charge in [-0.1, -0.05) is 13.2 Å². The molecule has 0 atom stereocenters. The topological polar surface area (TPSA) is 193 Å². The van der Waals surface area contributed by atoms with Crippen molar-refractivity contribution >= 4 is 41.6 Å². The zero-order valence-corrected chi connectivity index (χ0v) is 39.5. The van der Waals surface area contributed by atoms with E-state index in [9.17, 15) is 33.6 Å². The van der Waals surface area contributed by atoms with Gasteiger partial charge in [-0.05, 0) is 176 Å². The largest absolute Gasteiger partial charge is 0.494 e. The van der Waals surface area contributed by atoms with E-state index in [0.29, 0.717) is 101 Å². The van der Waals surface area contributed by atoms with Gasteiger partial charge in [0.05, 0.1) is 55.7 Å². The van der Waals surface area contributed by atoms with Crippen molar-refractivity contribution in [2.75, 3.05) is 26.4 Å². The van der Waals surface area contributed by atoms with Crippen LogP contribution in [0.3, 0.4) is 0 Å². The predicted octanol–water partition coefficient (Wildman–Crippen LogP) is 9.86. The van der Waals surface area contributed by atoms with Crippen LogP contribution in [-0.2, 0) is 38.2 Å². The summed E-state index contributed by atoms with van der Waals surface area (Å²) in [7, 11) is 0. The van der Waals surface area contributed by atoms with Crippen LogP contribution in [0.4, 0.5) is 0 Å². The lowest BCUT2D eigenvalue weighted by Gasteiger charge is -2.26. The number of carbonyl (C=O) groups is 7. The first-order valence-corrected chi connectivity index (χ1v) is 24.0. The van der Waals surface area contributed by atoms with Crippen molar-refractivity contribution in [2.24, 2.45) is 23.7 Å². The predicted molar refractivity (Wildman–Crippen MR) is 253 cm³/mol. The van der Waals surface area contributed by atoms with Gasteiger partial charge in [-0.3, -0.25) is 24.0 Å². The molecule has 2 aliphatic carbocycles. The van der Waals surface area contributed by atoms with E-state index in [1.165, 1.54) is 25.1 Å². The lowest BCUT2D eigenvalue weighted by atomic mass is 9.82. The molecular formula is C54H64O15. The molecule has 5 rings (SSSR count). The number of Topliss-reactive ketones (excluding diaryl/α,β-unsaturated/α-hetero) is 1. The Bertz CT molecular complexity index is 2200. The van der Waals surface area contributed by atoms with Crippen molar-refractivity contribution in [2.45, 2.75) is 110 Å². The van der Waals surface area contributed by atoms with Crippen LogP contribution >= 0.6 is 0 Å². The van der Waals surface area contributed by atoms with Gasteiger partial charge >= 0.3 is 35.8 Å². The SMILES string of the molecule is C=CC(=O)OCCCCCCOc1ccc(OC(=O)C2CCC(C(=O)Oc3ccc(OC(=O)C4CCC(C(=O)Oc5ccc(OCCCCCCOC(=O)C=C)cc5)CC4)c(C(C)=O)c3)CC2)cc1. The summed E-state index contributed by atoms with van der Waals surface area (Å²) >= 11 is 0. The van der Waals surface area contributed by atoms with Gasteiger partial charge < -0.3 is 37.9 Å². The monoisotopic (exact) mass is 952 g/mol. The average molecular weight is 953 g/mol. The summed E-state index contributed by atoms with van der Waals surface area (Å²) in [6.45, 7) is 9.87. The molecule has 0 amide bonds. The molecule has 3 aromatic carbocycles. The minimum Gasteiger partial charge on any atom is -0.494 e. The summed E-state index contributed by atoms with van der Waals surface area (Å²) in [5.74, 6) is -2.33. The number of ether oxygens (including phenoxy) is 8. The molecule has 0 bridgehead atoms. The molecule has 15 nitrogen and oxygen atoms in total. The molecule has 0 aromatic heterocycles. The van der Waals surface area contributed by atoms with Crippen molar-refractivity contribution in [1.29, 1.82) is 0 Å². The number of carbonyl (C=O) groups excluding carboxylic acids is 7. The summed E-state index contributed by atoms with van der Waals surface area (Å²) < 4.78 is 44.1. The molecule has 370 valence electrons. The van der Waals surface area contributed by atoms with Crippen molar-refractivity contribution in [3.05, 3.63) is 97.6 Å². The smallest absolute Gasteiger partial charge is 0.330 e. The second kappa shape index (κ2) is 28.5. The third kappa shape index (κ3) is 18.3. The van der Waals surface area contributed by atoms with Crippen molar-refractivity contribution in [3.63, 3.8) is 0 Å². The summed E-state index contributed by atoms with van der Waals surface area (Å²) in [4.78, 5) is 87.3. The van der Waals surface area contributed by atoms with Crippen LogP contribution in [0.15, 0.2) is 92.0 Å². The second-order valence-electron chi connectivity index (χ2n) is 17.2. The maximum Gasteiger partial charge on any atom is 0.330 e. The van der Waals surface area contributed by atoms with Crippen molar-refractivity contribution < 1.29 is 71.5 Å². The summed E-state index contributed by atoms with van der Waals surface area (Å²) in [5.41, 5.74) is 0.0894. The molecule has 2 aliphatic rings. The van der Waals surface area contributed by atoms with Gasteiger partial charge in [0.15, 0.2) is 5.78 Å². The molecule has 0 saturated heterocycles. The number of ketones is 1. The molecule has 0 N–H and O–H groups in total. The Morgan fingerprint density at radius 2 is 0.754 bits per heavy atom. The van der Waals surface area contributed by atoms with Crippen LogP contribution in [0.5, 0.6) is 34.5 Å². The van der Waals surface area contributed by atoms with Gasteiger partial charge in [-0.25, -0.2) is 9.59 Å². The Balaban J connectivity index is 0.966. The first-order chi connectivity index (χ1) is 33.4. The van der Waals surface area contributed by atoms with Gasteiger partial charge in [0.1, 0.15) is 34.5 Å². The summed E-state index contributed by atoms with van der Waals surface area (Å²) in [5, 5.41) is 0. The second-order valence-corrected chi connectivity index (χ2v) is 17.2. The number of hydrogen-bond acceptors (Lipinski definition) is 15. The number of hydrogen-bond donors (Lipinski definition) is 0. The molecule has 0 aliphatic heterocycles. The quantitative estimate of drug-likeness (QED) is 0.0230. The van der Waals surface area contributed by atoms with Crippen LogP contribution in [0, 0.1) is 23.7 Å². The van der Waals surface area contributed by atoms with E-state index in [0.717, 1.165) is 63.5 Å². The summed E-state index contributed by atoms with van der Waals surface area (Å²) in [6, 6.07) is 18.0. The molecular weight excluding hydrogens is 889 g/mol. The normalized spacial score (nSPS) is 17.5. The Kier molecular flexibility index (Phi) is 22.0. The van der Waals surface area contributed by atoms with Gasteiger partial charge in [0.25, 0.3) is 0 Å². The minimum atomic E-state index is -0.512. The highest BCUT2D eigenvalue weighted by Crippen LogP contribution is 2.35. The number of unbranched alkanes of at least 4 members (excludes halogenated alkanes) is 6. The zero-order chi connectivity index (χ0) is 49.4. The fourth-order valence-electron chi connectivity index (χ4n) is 8.02. The third-order valence-electron chi connectivity index (χ3n) is 12.1. The van der Waals surface area contributed by atoms with Crippen LogP contribution in [0.25, 0.3) is 0 Å². The first kappa shape index (κ1) is 53.2. The fraction of sp³-hybridized carbons (Fsp3) is 0.463. The molecule has 2 saturated carbocycles. The zero-order valence-electron chi connectivity index (χ0n) is 39.5. The minimum absolute atomic E-state index is 0.0557. The lowest BCUT2D eigenvalue weighted by Crippen LogP contribution is -2.30. The third-order valence-corrected chi connectivity index (χ3v) is 12.1. The Labute approximate surface area is 403 Å². The number of rotatable bonds is 27. The van der Waals surface area contributed by atoms with Gasteiger partial charge in [-0.2, -0.15) is 0 Å². The highest BCUT2D eigenvalue weighted by molar-refractivity contribution is 5.98. The Hall–Kier alpha value is -6.77. The fourth-order valence-corrected chi connectivity index (χ4v) is 8.02. The lowest BCUT2D eigenvalue weighted by molar-refractivity contribution is -0.145. The number of esters is 6. The van der Waals surface area contributed by atoms with Gasteiger partial charge in [0, 0.05) is 12.2 Å². The van der Waals surface area contributed by atoms with Crippen LogP contribution in [0.2, 0.25) is 0 Å². The van der Waals surface area contributed by atoms with Crippen LogP contribution in [-0.4, -0.2) is 68.0 Å². The average Bonchev–Trinajstić information content (AvgIpc) is 3.36. The Morgan fingerprint density at radius 1 is 0.435 bits per heavy atom. The molecule has 2 fully saturated rings. The van der Waals surface area contributed by atoms with E-state index >= 15 is 0 Å². The molecule has 3 aromatic rings. The molecule has 15 heteroatoms. The Morgan fingerprint density at radius 3 is 1.12 bits per heavy atom. The number of benzene rings is 3. The van der Waals surface area contributed by atoms with E-state index in [1.54, 1.807) is 48.5 Å². The molecule has 69 heavy (non-hydrogen) atoms. The maximum absolute atomic E-state index is 13.3. The highest BCUT2D eigenvalue weighted by Gasteiger charge is 2.34. The molecule has 0 heterocycles. The van der Waals surface area contributed by atoms with Crippen LogP contribution < -0.4 is 28.4 Å². The first-order valence-electron chi connectivity index (χ1n) is 24.0.